The summed E-state index contributed by atoms with van der Waals surface area (Å²) in [7, 11) is 0. The van der Waals surface area contributed by atoms with Crippen LogP contribution in [0.15, 0.2) is 11.4 Å². The number of carbonyl (C=O) groups excluding carboxylic acids is 1. The van der Waals surface area contributed by atoms with Crippen LogP contribution in [0.3, 0.4) is 0 Å². The molecule has 0 spiro atoms. The monoisotopic (exact) mass is 136 g/mol. The first-order valence-corrected chi connectivity index (χ1v) is 2.46. The molecule has 0 aliphatic rings. The van der Waals surface area contributed by atoms with Crippen molar-refractivity contribution in [2.45, 2.75) is 13.8 Å². The van der Waals surface area contributed by atoms with E-state index in [2.05, 4.69) is 0 Å². The van der Waals surface area contributed by atoms with Gasteiger partial charge in [-0.2, -0.15) is 0 Å². The average molecular weight is 137 g/mol. The molecule has 0 unspecified atom stereocenters. The van der Waals surface area contributed by atoms with Gasteiger partial charge in [-0.25, -0.2) is 4.39 Å². The normalized spacial score (nSPS) is 13.0. The highest BCUT2D eigenvalue weighted by Crippen LogP contribution is 2.06. The van der Waals surface area contributed by atoms with Crippen molar-refractivity contribution in [3.8, 4) is 0 Å². The quantitative estimate of drug-likeness (QED) is 0.398. The van der Waals surface area contributed by atoms with Gasteiger partial charge >= 0.3 is 0 Å². The molecular formula is C5H6ClFO. The third kappa shape index (κ3) is 2.07. The van der Waals surface area contributed by atoms with E-state index in [1.807, 2.05) is 0 Å². The van der Waals surface area contributed by atoms with E-state index >= 15 is 0 Å². The Morgan fingerprint density at radius 2 is 1.88 bits per heavy atom. The van der Waals surface area contributed by atoms with Gasteiger partial charge in [0.05, 0.1) is 0 Å². The summed E-state index contributed by atoms with van der Waals surface area (Å²) in [5.74, 6) is -0.523. The van der Waals surface area contributed by atoms with Gasteiger partial charge in [0.15, 0.2) is 0 Å². The fourth-order valence-electron chi connectivity index (χ4n) is 0.135. The maximum absolute atomic E-state index is 11.9. The SMILES string of the molecule is C/C(F)=C(\C)C(=O)Cl. The van der Waals surface area contributed by atoms with Crippen molar-refractivity contribution in [3.63, 3.8) is 0 Å². The van der Waals surface area contributed by atoms with Crippen LogP contribution >= 0.6 is 11.6 Å². The molecule has 0 fully saturated rings. The van der Waals surface area contributed by atoms with Crippen LogP contribution < -0.4 is 0 Å². The summed E-state index contributed by atoms with van der Waals surface area (Å²) >= 11 is 4.89. The van der Waals surface area contributed by atoms with Gasteiger partial charge in [0.2, 0.25) is 0 Å². The highest BCUT2D eigenvalue weighted by molar-refractivity contribution is 6.67. The molecule has 8 heavy (non-hydrogen) atoms. The van der Waals surface area contributed by atoms with Crippen LogP contribution in [0.25, 0.3) is 0 Å². The number of hydrogen-bond donors (Lipinski definition) is 0. The number of rotatable bonds is 1. The second-order valence-electron chi connectivity index (χ2n) is 1.43. The van der Waals surface area contributed by atoms with Crippen molar-refractivity contribution in [3.05, 3.63) is 11.4 Å². The van der Waals surface area contributed by atoms with E-state index in [1.54, 1.807) is 0 Å². The summed E-state index contributed by atoms with van der Waals surface area (Å²) in [5.41, 5.74) is -0.0216. The highest BCUT2D eigenvalue weighted by Gasteiger charge is 2.01. The van der Waals surface area contributed by atoms with Crippen molar-refractivity contribution in [2.75, 3.05) is 0 Å². The molecule has 0 aromatic rings. The Labute approximate surface area is 52.1 Å². The zero-order valence-electron chi connectivity index (χ0n) is 4.66. The third-order valence-corrected chi connectivity index (χ3v) is 1.10. The minimum atomic E-state index is -0.731. The van der Waals surface area contributed by atoms with E-state index in [9.17, 15) is 9.18 Å². The Hall–Kier alpha value is -0.370. The Balaban J connectivity index is 4.23. The van der Waals surface area contributed by atoms with Gasteiger partial charge in [0.1, 0.15) is 5.83 Å². The second kappa shape index (κ2) is 2.82. The Bertz CT molecular complexity index is 135. The molecule has 1 nitrogen and oxygen atoms in total. The van der Waals surface area contributed by atoms with Gasteiger partial charge in [-0.05, 0) is 25.4 Å². The molecule has 0 aliphatic carbocycles. The van der Waals surface area contributed by atoms with Gasteiger partial charge in [-0.15, -0.1) is 0 Å². The minimum Gasteiger partial charge on any atom is -0.276 e. The summed E-state index contributed by atoms with van der Waals surface area (Å²) in [4.78, 5) is 10.1. The standard InChI is InChI=1S/C5H6ClFO/c1-3(4(2)7)5(6)8/h1-2H3/b4-3-. The minimum absolute atomic E-state index is 0.0216. The van der Waals surface area contributed by atoms with Crippen molar-refractivity contribution >= 4 is 16.8 Å². The van der Waals surface area contributed by atoms with Crippen LogP contribution in [0.2, 0.25) is 0 Å². The third-order valence-electron chi connectivity index (χ3n) is 0.812. The smallest absolute Gasteiger partial charge is 0.250 e. The van der Waals surface area contributed by atoms with Gasteiger partial charge in [0, 0.05) is 5.57 Å². The summed E-state index contributed by atoms with van der Waals surface area (Å²) < 4.78 is 11.9. The van der Waals surface area contributed by atoms with Gasteiger partial charge < -0.3 is 0 Å². The molecule has 0 amide bonds. The Morgan fingerprint density at radius 1 is 1.50 bits per heavy atom. The van der Waals surface area contributed by atoms with Crippen LogP contribution in [0, 0.1) is 0 Å². The zero-order chi connectivity index (χ0) is 6.73. The molecule has 0 N–H and O–H groups in total. The summed E-state index contributed by atoms with van der Waals surface area (Å²) in [6.07, 6.45) is 0. The lowest BCUT2D eigenvalue weighted by atomic mass is 10.3. The van der Waals surface area contributed by atoms with E-state index in [1.165, 1.54) is 13.8 Å². The van der Waals surface area contributed by atoms with Crippen LogP contribution in [-0.4, -0.2) is 5.24 Å². The lowest BCUT2D eigenvalue weighted by molar-refractivity contribution is -0.108. The lowest BCUT2D eigenvalue weighted by Crippen LogP contribution is -1.88. The average Bonchev–Trinajstić information content (AvgIpc) is 1.64. The van der Waals surface area contributed by atoms with Crippen LogP contribution in [0.5, 0.6) is 0 Å². The first-order chi connectivity index (χ1) is 3.55. The first-order valence-electron chi connectivity index (χ1n) is 2.08. The molecular weight excluding hydrogens is 131 g/mol. The van der Waals surface area contributed by atoms with Crippen molar-refractivity contribution in [1.29, 1.82) is 0 Å². The number of hydrogen-bond acceptors (Lipinski definition) is 1. The molecule has 0 saturated carbocycles. The lowest BCUT2D eigenvalue weighted by Gasteiger charge is -1.88. The number of allylic oxidation sites excluding steroid dienone is 2. The molecule has 0 heterocycles. The van der Waals surface area contributed by atoms with E-state index in [-0.39, 0.29) is 5.57 Å². The molecule has 46 valence electrons. The highest BCUT2D eigenvalue weighted by atomic mass is 35.5. The fourth-order valence-corrected chi connectivity index (χ4v) is 0.266. The van der Waals surface area contributed by atoms with Crippen molar-refractivity contribution in [2.24, 2.45) is 0 Å². The molecule has 0 bridgehead atoms. The molecule has 0 aromatic carbocycles. The first kappa shape index (κ1) is 7.63. The summed E-state index contributed by atoms with van der Waals surface area (Å²) in [6.45, 7) is 2.53. The summed E-state index contributed by atoms with van der Waals surface area (Å²) in [5, 5.41) is -0.731. The molecule has 0 saturated heterocycles. The predicted octanol–water partition coefficient (Wildman–Crippen LogP) is 2.02. The predicted molar refractivity (Wildman–Crippen MR) is 30.3 cm³/mol. The molecule has 0 radical (unpaired) electrons. The Morgan fingerprint density at radius 3 is 1.88 bits per heavy atom. The number of halogens is 2. The Kier molecular flexibility index (Phi) is 2.69. The molecule has 0 rings (SSSR count). The van der Waals surface area contributed by atoms with Crippen LogP contribution in [0.1, 0.15) is 13.8 Å². The molecule has 3 heteroatoms. The van der Waals surface area contributed by atoms with Gasteiger partial charge in [0.25, 0.3) is 5.24 Å². The van der Waals surface area contributed by atoms with E-state index in [4.69, 9.17) is 11.6 Å². The fraction of sp³-hybridized carbons (Fsp3) is 0.400. The molecule has 0 atom stereocenters. The van der Waals surface area contributed by atoms with Crippen LogP contribution in [-0.2, 0) is 4.79 Å². The van der Waals surface area contributed by atoms with Crippen LogP contribution in [0.4, 0.5) is 4.39 Å². The van der Waals surface area contributed by atoms with E-state index in [0.717, 1.165) is 0 Å². The molecule has 0 aromatic heterocycles. The maximum atomic E-state index is 11.9. The van der Waals surface area contributed by atoms with Gasteiger partial charge in [-0.3, -0.25) is 4.79 Å². The van der Waals surface area contributed by atoms with E-state index in [0.29, 0.717) is 0 Å². The topological polar surface area (TPSA) is 17.1 Å². The zero-order valence-corrected chi connectivity index (χ0v) is 5.42. The summed E-state index contributed by atoms with van der Waals surface area (Å²) in [6, 6.07) is 0. The molecule has 0 aliphatic heterocycles. The van der Waals surface area contributed by atoms with E-state index < -0.39 is 11.1 Å². The number of carbonyl (C=O) groups is 1. The second-order valence-corrected chi connectivity index (χ2v) is 1.78. The van der Waals surface area contributed by atoms with Gasteiger partial charge in [-0.1, -0.05) is 0 Å². The van der Waals surface area contributed by atoms with Crippen molar-refractivity contribution < 1.29 is 9.18 Å². The largest absolute Gasteiger partial charge is 0.276 e. The maximum Gasteiger partial charge on any atom is 0.250 e. The van der Waals surface area contributed by atoms with Crippen molar-refractivity contribution in [1.82, 2.24) is 0 Å².